The van der Waals surface area contributed by atoms with Gasteiger partial charge in [-0.2, -0.15) is 13.2 Å². The minimum Gasteiger partial charge on any atom is -0.497 e. The van der Waals surface area contributed by atoms with E-state index >= 15 is 0 Å². The second-order valence-corrected chi connectivity index (χ2v) is 5.89. The number of methoxy groups -OCH3 is 2. The summed E-state index contributed by atoms with van der Waals surface area (Å²) >= 11 is 0. The zero-order valence-corrected chi connectivity index (χ0v) is 16.7. The summed E-state index contributed by atoms with van der Waals surface area (Å²) in [6.45, 7) is -1.41. The molecule has 0 aliphatic rings. The quantitative estimate of drug-likeness (QED) is 0.608. The molecule has 0 aliphatic heterocycles. The summed E-state index contributed by atoms with van der Waals surface area (Å²) in [4.78, 5) is 12.2. The number of nitrogens with one attached hydrogen (secondary N) is 1. The maximum absolute atomic E-state index is 12.3. The third-order valence-electron chi connectivity index (χ3n) is 3.79. The van der Waals surface area contributed by atoms with Crippen molar-refractivity contribution in [3.05, 3.63) is 42.0 Å². The van der Waals surface area contributed by atoms with Crippen LogP contribution in [0.4, 0.5) is 24.5 Å². The average molecular weight is 435 g/mol. The minimum atomic E-state index is -4.44. The first kappa shape index (κ1) is 24.2. The Morgan fingerprint density at radius 1 is 1.07 bits per heavy atom. The molecule has 0 atom stereocenters. The number of alkyl halides is 3. The Bertz CT molecular complexity index is 832. The summed E-state index contributed by atoms with van der Waals surface area (Å²) in [7, 11) is 2.84. The Labute approximate surface area is 172 Å². The van der Waals surface area contributed by atoms with E-state index in [1.54, 1.807) is 30.3 Å². The molecule has 2 rings (SSSR count). The van der Waals surface area contributed by atoms with E-state index in [0.717, 1.165) is 0 Å². The van der Waals surface area contributed by atoms with Crippen molar-refractivity contribution in [1.29, 1.82) is 0 Å². The molecule has 0 radical (unpaired) electrons. The second-order valence-electron chi connectivity index (χ2n) is 5.89. The van der Waals surface area contributed by atoms with Crippen LogP contribution in [0.3, 0.4) is 0 Å². The lowest BCUT2D eigenvalue weighted by Crippen LogP contribution is -2.19. The number of hydrogen-bond donors (Lipinski definition) is 2. The van der Waals surface area contributed by atoms with Crippen LogP contribution in [-0.2, 0) is 11.2 Å². The van der Waals surface area contributed by atoms with E-state index < -0.39 is 12.8 Å². The van der Waals surface area contributed by atoms with E-state index in [0.29, 0.717) is 29.1 Å². The Morgan fingerprint density at radius 3 is 2.41 bits per heavy atom. The van der Waals surface area contributed by atoms with Gasteiger partial charge in [-0.1, -0.05) is 6.07 Å². The van der Waals surface area contributed by atoms with Crippen LogP contribution in [0.15, 0.2) is 36.4 Å². The largest absolute Gasteiger partial charge is 0.497 e. The molecule has 0 saturated heterocycles. The molecule has 0 aliphatic carbocycles. The van der Waals surface area contributed by atoms with Crippen LogP contribution in [0.25, 0.3) is 0 Å². The number of amides is 1. The normalized spacial score (nSPS) is 10.7. The van der Waals surface area contributed by atoms with Crippen molar-refractivity contribution in [3.8, 4) is 17.2 Å². The molecular formula is C19H22ClF3N2O4. The fourth-order valence-corrected chi connectivity index (χ4v) is 2.39. The number of hydrogen-bond acceptors (Lipinski definition) is 5. The van der Waals surface area contributed by atoms with Gasteiger partial charge in [-0.25, -0.2) is 0 Å². The van der Waals surface area contributed by atoms with Gasteiger partial charge >= 0.3 is 6.18 Å². The van der Waals surface area contributed by atoms with Gasteiger partial charge in [0.05, 0.1) is 25.6 Å². The van der Waals surface area contributed by atoms with Crippen LogP contribution in [0.1, 0.15) is 12.0 Å². The molecule has 2 aromatic carbocycles. The molecule has 0 saturated carbocycles. The van der Waals surface area contributed by atoms with Gasteiger partial charge in [-0.3, -0.25) is 4.79 Å². The Kier molecular flexibility index (Phi) is 8.90. The molecule has 6 nitrogen and oxygen atoms in total. The fourth-order valence-electron chi connectivity index (χ4n) is 2.39. The highest BCUT2D eigenvalue weighted by atomic mass is 35.5. The maximum atomic E-state index is 12.3. The summed E-state index contributed by atoms with van der Waals surface area (Å²) < 4.78 is 51.8. The fraction of sp³-hybridized carbons (Fsp3) is 0.316. The second kappa shape index (κ2) is 10.7. The highest BCUT2D eigenvalue weighted by Crippen LogP contribution is 2.30. The van der Waals surface area contributed by atoms with Crippen LogP contribution in [-0.4, -0.2) is 32.9 Å². The van der Waals surface area contributed by atoms with Crippen molar-refractivity contribution in [3.63, 3.8) is 0 Å². The summed E-state index contributed by atoms with van der Waals surface area (Å²) in [5.41, 5.74) is 7.39. The highest BCUT2D eigenvalue weighted by molar-refractivity contribution is 5.94. The van der Waals surface area contributed by atoms with Crippen LogP contribution in [0.5, 0.6) is 17.2 Å². The number of nitrogens with two attached hydrogens (primary N) is 1. The van der Waals surface area contributed by atoms with Gasteiger partial charge in [-0.15, -0.1) is 12.4 Å². The zero-order valence-electron chi connectivity index (χ0n) is 15.8. The Hall–Kier alpha value is -2.81. The predicted molar refractivity (Wildman–Crippen MR) is 106 cm³/mol. The monoisotopic (exact) mass is 434 g/mol. The number of halogens is 4. The van der Waals surface area contributed by atoms with Crippen molar-refractivity contribution in [1.82, 2.24) is 0 Å². The van der Waals surface area contributed by atoms with Crippen molar-refractivity contribution in [2.24, 2.45) is 0 Å². The number of benzene rings is 2. The summed E-state index contributed by atoms with van der Waals surface area (Å²) in [5.74, 6) is 0.441. The Morgan fingerprint density at radius 2 is 1.79 bits per heavy atom. The first-order chi connectivity index (χ1) is 13.2. The van der Waals surface area contributed by atoms with E-state index in [4.69, 9.17) is 19.9 Å². The van der Waals surface area contributed by atoms with Gasteiger partial charge in [0.15, 0.2) is 18.1 Å². The predicted octanol–water partition coefficient (Wildman–Crippen LogP) is 4.22. The van der Waals surface area contributed by atoms with Gasteiger partial charge in [-0.05, 0) is 36.2 Å². The van der Waals surface area contributed by atoms with E-state index in [9.17, 15) is 18.0 Å². The van der Waals surface area contributed by atoms with E-state index in [1.165, 1.54) is 20.3 Å². The molecule has 0 spiro atoms. The van der Waals surface area contributed by atoms with Gasteiger partial charge in [0, 0.05) is 12.5 Å². The molecule has 1 amide bonds. The van der Waals surface area contributed by atoms with Crippen molar-refractivity contribution in [2.75, 3.05) is 31.9 Å². The van der Waals surface area contributed by atoms with E-state index in [1.807, 2.05) is 0 Å². The van der Waals surface area contributed by atoms with Crippen molar-refractivity contribution >= 4 is 29.7 Å². The van der Waals surface area contributed by atoms with Crippen molar-refractivity contribution in [2.45, 2.75) is 19.0 Å². The minimum absolute atomic E-state index is 0. The zero-order chi connectivity index (χ0) is 20.7. The van der Waals surface area contributed by atoms with Gasteiger partial charge in [0.25, 0.3) is 0 Å². The lowest BCUT2D eigenvalue weighted by molar-refractivity contribution is -0.153. The van der Waals surface area contributed by atoms with Crippen molar-refractivity contribution < 1.29 is 32.2 Å². The molecular weight excluding hydrogens is 413 g/mol. The number of aryl methyl sites for hydroxylation is 1. The summed E-state index contributed by atoms with van der Waals surface area (Å²) in [5, 5.41) is 2.71. The number of nitrogen functional groups attached to an aromatic ring is 1. The summed E-state index contributed by atoms with van der Waals surface area (Å²) in [6.07, 6.45) is -3.95. The van der Waals surface area contributed by atoms with E-state index in [2.05, 4.69) is 5.32 Å². The molecule has 29 heavy (non-hydrogen) atoms. The molecule has 0 aromatic heterocycles. The summed E-state index contributed by atoms with van der Waals surface area (Å²) in [6, 6.07) is 9.43. The highest BCUT2D eigenvalue weighted by Gasteiger charge is 2.29. The van der Waals surface area contributed by atoms with Crippen LogP contribution in [0, 0.1) is 0 Å². The van der Waals surface area contributed by atoms with Gasteiger partial charge in [0.2, 0.25) is 5.91 Å². The average Bonchev–Trinajstić information content (AvgIpc) is 2.66. The van der Waals surface area contributed by atoms with Gasteiger partial charge < -0.3 is 25.3 Å². The smallest absolute Gasteiger partial charge is 0.422 e. The number of carbonyl (C=O) groups is 1. The molecule has 2 aromatic rings. The third kappa shape index (κ3) is 7.61. The molecule has 0 heterocycles. The van der Waals surface area contributed by atoms with Crippen LogP contribution in [0.2, 0.25) is 0 Å². The first-order valence-corrected chi connectivity index (χ1v) is 8.31. The van der Waals surface area contributed by atoms with E-state index in [-0.39, 0.29) is 36.2 Å². The maximum Gasteiger partial charge on any atom is 0.422 e. The molecule has 160 valence electrons. The first-order valence-electron chi connectivity index (χ1n) is 8.31. The van der Waals surface area contributed by atoms with Gasteiger partial charge in [0.1, 0.15) is 5.75 Å². The Balaban J connectivity index is 0.00000420. The standard InChI is InChI=1S/C19H21F3N2O4.ClH/c1-26-13-5-6-14(23)15(10-13)24-18(25)8-4-12-3-7-16(17(9-12)27-2)28-11-19(20,21)22;/h3,5-7,9-10H,4,8,11,23H2,1-2H3,(H,24,25);1H. The lowest BCUT2D eigenvalue weighted by Gasteiger charge is -2.14. The lowest BCUT2D eigenvalue weighted by atomic mass is 10.1. The number of carbonyl (C=O) groups excluding carboxylic acids is 1. The number of anilines is 2. The number of rotatable bonds is 8. The SMILES string of the molecule is COc1ccc(N)c(NC(=O)CCc2ccc(OCC(F)(F)F)c(OC)c2)c1.Cl. The molecule has 3 N–H and O–H groups in total. The molecule has 0 unspecified atom stereocenters. The molecule has 0 bridgehead atoms. The number of ether oxygens (including phenoxy) is 3. The molecule has 10 heteroatoms. The molecule has 0 fully saturated rings. The van der Waals surface area contributed by atoms with Crippen LogP contribution >= 0.6 is 12.4 Å². The van der Waals surface area contributed by atoms with Crippen LogP contribution < -0.4 is 25.3 Å². The third-order valence-corrected chi connectivity index (χ3v) is 3.79. The topological polar surface area (TPSA) is 82.8 Å².